The van der Waals surface area contributed by atoms with E-state index in [2.05, 4.69) is 110 Å². The first-order valence-electron chi connectivity index (χ1n) is 9.38. The number of hydrogen-bond acceptors (Lipinski definition) is 0. The van der Waals surface area contributed by atoms with Crippen LogP contribution in [0.15, 0.2) is 91.0 Å². The molecule has 27 heavy (non-hydrogen) atoms. The summed E-state index contributed by atoms with van der Waals surface area (Å²) in [7, 11) is -1.94. The molecule has 2 aliphatic carbocycles. The minimum absolute atomic E-state index is 0. The Balaban J connectivity index is 0.00000180. The smallest absolute Gasteiger partial charge is 0.0787 e. The summed E-state index contributed by atoms with van der Waals surface area (Å²) >= 11 is 0. The molecule has 0 heterocycles. The summed E-state index contributed by atoms with van der Waals surface area (Å²) < 4.78 is 0. The van der Waals surface area contributed by atoms with E-state index >= 15 is 0 Å². The van der Waals surface area contributed by atoms with Gasteiger partial charge in [0, 0.05) is 11.1 Å². The number of fused-ring (bicyclic) bond motifs is 2. The topological polar surface area (TPSA) is 0 Å². The third kappa shape index (κ3) is 2.82. The molecule has 0 fully saturated rings. The molecular formula is C25H22LiSi+. The maximum atomic E-state index is 2.58. The Hall–Kier alpha value is -2.05. The zero-order chi connectivity index (χ0) is 17.6. The van der Waals surface area contributed by atoms with E-state index < -0.39 is 8.07 Å². The molecule has 5 rings (SSSR count). The monoisotopic (exact) mass is 357 g/mol. The summed E-state index contributed by atoms with van der Waals surface area (Å²) in [6.07, 6.45) is 9.61. The van der Waals surface area contributed by atoms with Crippen LogP contribution in [-0.4, -0.2) is 8.07 Å². The van der Waals surface area contributed by atoms with Gasteiger partial charge >= 0.3 is 18.9 Å². The van der Waals surface area contributed by atoms with E-state index in [0.717, 1.165) is 0 Å². The van der Waals surface area contributed by atoms with E-state index in [1.165, 1.54) is 27.4 Å². The van der Waals surface area contributed by atoms with Crippen molar-refractivity contribution in [3.63, 3.8) is 0 Å². The second-order valence-electron chi connectivity index (χ2n) is 7.58. The van der Waals surface area contributed by atoms with Crippen molar-refractivity contribution >= 4 is 25.4 Å². The second-order valence-corrected chi connectivity index (χ2v) is 12.0. The molecule has 0 aromatic heterocycles. The van der Waals surface area contributed by atoms with Gasteiger partial charge in [0.05, 0.1) is 0 Å². The summed E-state index contributed by atoms with van der Waals surface area (Å²) in [5.74, 6) is 0. The van der Waals surface area contributed by atoms with Gasteiger partial charge in [-0.3, -0.25) is 0 Å². The molecule has 0 bridgehead atoms. The zero-order valence-corrected chi connectivity index (χ0v) is 17.0. The molecule has 0 N–H and O–H groups in total. The van der Waals surface area contributed by atoms with Gasteiger partial charge < -0.3 is 0 Å². The Labute approximate surface area is 174 Å². The summed E-state index contributed by atoms with van der Waals surface area (Å²) in [5.41, 5.74) is 6.79. The molecule has 2 unspecified atom stereocenters. The largest absolute Gasteiger partial charge is 1.00 e. The van der Waals surface area contributed by atoms with Gasteiger partial charge in [0.15, 0.2) is 0 Å². The van der Waals surface area contributed by atoms with E-state index in [1.54, 1.807) is 0 Å². The van der Waals surface area contributed by atoms with Gasteiger partial charge in [0.2, 0.25) is 0 Å². The average molecular weight is 357 g/mol. The van der Waals surface area contributed by atoms with Crippen molar-refractivity contribution in [2.24, 2.45) is 0 Å². The van der Waals surface area contributed by atoms with Crippen LogP contribution in [-0.2, 0) is 0 Å². The Morgan fingerprint density at radius 1 is 0.593 bits per heavy atom. The van der Waals surface area contributed by atoms with Crippen molar-refractivity contribution in [3.8, 4) is 0 Å². The Bertz CT molecular complexity index is 958. The molecule has 3 aromatic rings. The predicted octanol–water partition coefficient (Wildman–Crippen LogP) is 2.68. The molecule has 0 saturated heterocycles. The fraction of sp³-hybridized carbons (Fsp3) is 0.120. The van der Waals surface area contributed by atoms with E-state index in [1.807, 2.05) is 0 Å². The molecule has 0 nitrogen and oxygen atoms in total. The van der Waals surface area contributed by atoms with Gasteiger partial charge in [-0.05, 0) is 22.3 Å². The van der Waals surface area contributed by atoms with Crippen molar-refractivity contribution in [3.05, 3.63) is 113 Å². The minimum Gasteiger partial charge on any atom is -0.0787 e. The first-order chi connectivity index (χ1) is 12.8. The van der Waals surface area contributed by atoms with Crippen molar-refractivity contribution < 1.29 is 18.9 Å². The van der Waals surface area contributed by atoms with Crippen LogP contribution in [0.3, 0.4) is 0 Å². The van der Waals surface area contributed by atoms with Crippen LogP contribution in [0.4, 0.5) is 0 Å². The summed E-state index contributed by atoms with van der Waals surface area (Å²) in [6, 6.07) is 29.1. The van der Waals surface area contributed by atoms with Crippen LogP contribution in [0.5, 0.6) is 0 Å². The average Bonchev–Trinajstić information content (AvgIpc) is 3.33. The molecule has 0 saturated carbocycles. The van der Waals surface area contributed by atoms with Crippen LogP contribution in [0.25, 0.3) is 12.2 Å². The third-order valence-electron chi connectivity index (χ3n) is 6.29. The van der Waals surface area contributed by atoms with Gasteiger partial charge in [-0.1, -0.05) is 115 Å². The van der Waals surface area contributed by atoms with Crippen LogP contribution in [0.2, 0.25) is 6.55 Å². The Morgan fingerprint density at radius 3 is 1.56 bits per heavy atom. The normalized spacial score (nSPS) is 21.2. The molecule has 126 valence electrons. The van der Waals surface area contributed by atoms with Gasteiger partial charge in [-0.25, -0.2) is 0 Å². The molecule has 0 spiro atoms. The number of hydrogen-bond donors (Lipinski definition) is 0. The second kappa shape index (κ2) is 7.17. The van der Waals surface area contributed by atoms with Gasteiger partial charge in [-0.2, -0.15) is 0 Å². The van der Waals surface area contributed by atoms with E-state index in [9.17, 15) is 0 Å². The van der Waals surface area contributed by atoms with Crippen molar-refractivity contribution in [2.75, 3.05) is 0 Å². The molecule has 3 aromatic carbocycles. The minimum atomic E-state index is -1.94. The summed E-state index contributed by atoms with van der Waals surface area (Å²) in [5, 5.41) is 1.54. The van der Waals surface area contributed by atoms with Crippen LogP contribution < -0.4 is 24.0 Å². The number of benzene rings is 3. The molecule has 2 atom stereocenters. The van der Waals surface area contributed by atoms with E-state index in [0.29, 0.717) is 11.1 Å². The van der Waals surface area contributed by atoms with Crippen molar-refractivity contribution in [2.45, 2.75) is 17.6 Å². The molecule has 0 radical (unpaired) electrons. The molecule has 0 amide bonds. The maximum absolute atomic E-state index is 2.58. The SMILES string of the molecule is C[Si](c1ccccc1)(C1C=Cc2ccccc21)C1C=Cc2ccccc21.[Li+]. The molecular weight excluding hydrogens is 335 g/mol. The predicted molar refractivity (Wildman–Crippen MR) is 114 cm³/mol. The van der Waals surface area contributed by atoms with Crippen molar-refractivity contribution in [1.29, 1.82) is 0 Å². The maximum Gasteiger partial charge on any atom is 1.00 e. The first kappa shape index (κ1) is 18.3. The first-order valence-corrected chi connectivity index (χ1v) is 12.0. The van der Waals surface area contributed by atoms with Gasteiger partial charge in [0.1, 0.15) is 8.07 Å². The summed E-state index contributed by atoms with van der Waals surface area (Å²) in [4.78, 5) is 0. The van der Waals surface area contributed by atoms with E-state index in [-0.39, 0.29) is 18.9 Å². The molecule has 2 heteroatoms. The Morgan fingerprint density at radius 2 is 1.04 bits per heavy atom. The van der Waals surface area contributed by atoms with Crippen LogP contribution in [0.1, 0.15) is 33.3 Å². The van der Waals surface area contributed by atoms with Crippen molar-refractivity contribution in [1.82, 2.24) is 0 Å². The van der Waals surface area contributed by atoms with Gasteiger partial charge in [0.25, 0.3) is 0 Å². The zero-order valence-electron chi connectivity index (χ0n) is 16.0. The fourth-order valence-electron chi connectivity index (χ4n) is 4.89. The standard InChI is InChI=1S/C25H22Si.Li/c1-26(21-11-3-2-4-12-21,24-17-15-19-9-5-7-13-22(19)24)25-18-16-20-10-6-8-14-23(20)25;/h2-18,24-25H,1H3;/q;+1. The number of allylic oxidation sites excluding steroid dienone is 2. The summed E-state index contributed by atoms with van der Waals surface area (Å²) in [6.45, 7) is 2.58. The molecule has 2 aliphatic rings. The molecule has 0 aliphatic heterocycles. The third-order valence-corrected chi connectivity index (χ3v) is 11.5. The number of rotatable bonds is 3. The quantitative estimate of drug-likeness (QED) is 0.632. The van der Waals surface area contributed by atoms with E-state index in [4.69, 9.17) is 0 Å². The van der Waals surface area contributed by atoms with Gasteiger partial charge in [-0.15, -0.1) is 0 Å². The Kier molecular flexibility index (Phi) is 4.87. The van der Waals surface area contributed by atoms with Crippen LogP contribution >= 0.6 is 0 Å². The fourth-order valence-corrected chi connectivity index (χ4v) is 9.72. The van der Waals surface area contributed by atoms with Crippen LogP contribution in [0, 0.1) is 0 Å².